The first kappa shape index (κ1) is 14.8. The van der Waals surface area contributed by atoms with Gasteiger partial charge in [-0.2, -0.15) is 0 Å². The molecule has 0 aromatic heterocycles. The normalized spacial score (nSPS) is 17.9. The number of carbonyl (C=O) groups excluding carboxylic acids is 1. The number of benzene rings is 1. The van der Waals surface area contributed by atoms with Gasteiger partial charge in [-0.3, -0.25) is 4.79 Å². The summed E-state index contributed by atoms with van der Waals surface area (Å²) in [4.78, 5) is 13.7. The summed E-state index contributed by atoms with van der Waals surface area (Å²) in [7, 11) is 1.35. The lowest BCUT2D eigenvalue weighted by Gasteiger charge is -2.33. The van der Waals surface area contributed by atoms with Crippen molar-refractivity contribution in [2.45, 2.75) is 31.4 Å². The number of rotatable bonds is 4. The predicted molar refractivity (Wildman–Crippen MR) is 77.6 cm³/mol. The second-order valence-electron chi connectivity index (χ2n) is 5.18. The zero-order valence-corrected chi connectivity index (χ0v) is 11.8. The number of anilines is 1. The highest BCUT2D eigenvalue weighted by Gasteiger charge is 2.21. The van der Waals surface area contributed by atoms with Gasteiger partial charge in [-0.05, 0) is 24.5 Å². The molecule has 3 N–H and O–H groups in total. The fourth-order valence-corrected chi connectivity index (χ4v) is 2.57. The smallest absolute Gasteiger partial charge is 0.322 e. The van der Waals surface area contributed by atoms with Gasteiger partial charge in [0, 0.05) is 25.2 Å². The van der Waals surface area contributed by atoms with Gasteiger partial charge in [0.1, 0.15) is 6.04 Å². The highest BCUT2D eigenvalue weighted by molar-refractivity contribution is 5.76. The zero-order chi connectivity index (χ0) is 14.5. The SMILES string of the molecule is COC(=O)C(N)Cc1ccccc1N1CCC(O)CC1. The number of nitrogens with two attached hydrogens (primary N) is 1. The average Bonchev–Trinajstić information content (AvgIpc) is 2.48. The minimum atomic E-state index is -0.642. The largest absolute Gasteiger partial charge is 0.468 e. The monoisotopic (exact) mass is 278 g/mol. The molecule has 110 valence electrons. The quantitative estimate of drug-likeness (QED) is 0.793. The number of hydrogen-bond acceptors (Lipinski definition) is 5. The van der Waals surface area contributed by atoms with Crippen LogP contribution in [0.25, 0.3) is 0 Å². The van der Waals surface area contributed by atoms with Crippen molar-refractivity contribution in [2.24, 2.45) is 5.73 Å². The lowest BCUT2D eigenvalue weighted by molar-refractivity contribution is -0.142. The van der Waals surface area contributed by atoms with Crippen molar-refractivity contribution < 1.29 is 14.6 Å². The minimum absolute atomic E-state index is 0.198. The van der Waals surface area contributed by atoms with Gasteiger partial charge in [-0.15, -0.1) is 0 Å². The molecule has 2 rings (SSSR count). The highest BCUT2D eigenvalue weighted by atomic mass is 16.5. The number of para-hydroxylation sites is 1. The minimum Gasteiger partial charge on any atom is -0.468 e. The van der Waals surface area contributed by atoms with Gasteiger partial charge < -0.3 is 20.5 Å². The van der Waals surface area contributed by atoms with E-state index in [1.165, 1.54) is 7.11 Å². The van der Waals surface area contributed by atoms with Crippen molar-refractivity contribution in [2.75, 3.05) is 25.1 Å². The van der Waals surface area contributed by atoms with Crippen molar-refractivity contribution in [1.82, 2.24) is 0 Å². The topological polar surface area (TPSA) is 75.8 Å². The van der Waals surface area contributed by atoms with Crippen molar-refractivity contribution >= 4 is 11.7 Å². The van der Waals surface area contributed by atoms with Crippen LogP contribution in [0.5, 0.6) is 0 Å². The summed E-state index contributed by atoms with van der Waals surface area (Å²) in [6.07, 6.45) is 1.81. The first-order valence-corrected chi connectivity index (χ1v) is 6.96. The fraction of sp³-hybridized carbons (Fsp3) is 0.533. The van der Waals surface area contributed by atoms with E-state index in [4.69, 9.17) is 5.73 Å². The lowest BCUT2D eigenvalue weighted by Crippen LogP contribution is -2.38. The molecule has 1 aromatic rings. The van der Waals surface area contributed by atoms with E-state index in [-0.39, 0.29) is 6.10 Å². The second kappa shape index (κ2) is 6.72. The molecule has 1 unspecified atom stereocenters. The molecule has 1 atom stereocenters. The number of ether oxygens (including phenoxy) is 1. The molecule has 1 aromatic carbocycles. The van der Waals surface area contributed by atoms with Crippen LogP contribution in [0.3, 0.4) is 0 Å². The van der Waals surface area contributed by atoms with Crippen LogP contribution in [0.1, 0.15) is 18.4 Å². The molecule has 1 saturated heterocycles. The first-order valence-electron chi connectivity index (χ1n) is 6.96. The van der Waals surface area contributed by atoms with Crippen LogP contribution in [0.4, 0.5) is 5.69 Å². The fourth-order valence-electron chi connectivity index (χ4n) is 2.57. The van der Waals surface area contributed by atoms with E-state index in [9.17, 15) is 9.90 Å². The molecular weight excluding hydrogens is 256 g/mol. The molecule has 1 aliphatic rings. The van der Waals surface area contributed by atoms with E-state index in [0.717, 1.165) is 37.2 Å². The Morgan fingerprint density at radius 1 is 1.45 bits per heavy atom. The molecule has 0 saturated carbocycles. The summed E-state index contributed by atoms with van der Waals surface area (Å²) in [6, 6.07) is 7.31. The Kier molecular flexibility index (Phi) is 4.98. The van der Waals surface area contributed by atoms with Crippen LogP contribution in [-0.4, -0.2) is 43.4 Å². The van der Waals surface area contributed by atoms with E-state index in [1.807, 2.05) is 24.3 Å². The predicted octanol–water partition coefficient (Wildman–Crippen LogP) is 0.690. The molecule has 0 radical (unpaired) electrons. The molecule has 0 aliphatic carbocycles. The van der Waals surface area contributed by atoms with Gasteiger partial charge in [0.25, 0.3) is 0 Å². The van der Waals surface area contributed by atoms with E-state index < -0.39 is 12.0 Å². The highest BCUT2D eigenvalue weighted by Crippen LogP contribution is 2.25. The van der Waals surface area contributed by atoms with Crippen molar-refractivity contribution in [3.05, 3.63) is 29.8 Å². The number of piperidine rings is 1. The first-order chi connectivity index (χ1) is 9.61. The number of hydrogen-bond donors (Lipinski definition) is 2. The van der Waals surface area contributed by atoms with Gasteiger partial charge in [0.15, 0.2) is 0 Å². The Balaban J connectivity index is 2.12. The van der Waals surface area contributed by atoms with Gasteiger partial charge in [0.2, 0.25) is 0 Å². The summed E-state index contributed by atoms with van der Waals surface area (Å²) in [5, 5.41) is 9.59. The summed E-state index contributed by atoms with van der Waals surface area (Å²) in [5.74, 6) is -0.395. The standard InChI is InChI=1S/C15H22N2O3/c1-20-15(19)13(16)10-11-4-2-3-5-14(11)17-8-6-12(18)7-9-17/h2-5,12-13,18H,6-10,16H2,1H3. The molecule has 0 spiro atoms. The van der Waals surface area contributed by atoms with E-state index >= 15 is 0 Å². The maximum absolute atomic E-state index is 11.5. The Labute approximate surface area is 119 Å². The number of esters is 1. The molecule has 0 bridgehead atoms. The molecule has 5 nitrogen and oxygen atoms in total. The molecule has 1 heterocycles. The second-order valence-corrected chi connectivity index (χ2v) is 5.18. The maximum Gasteiger partial charge on any atom is 0.322 e. The number of carbonyl (C=O) groups is 1. The van der Waals surface area contributed by atoms with Crippen molar-refractivity contribution in [1.29, 1.82) is 0 Å². The van der Waals surface area contributed by atoms with E-state index in [1.54, 1.807) is 0 Å². The summed E-state index contributed by atoms with van der Waals surface area (Å²) in [6.45, 7) is 1.65. The third-order valence-corrected chi connectivity index (χ3v) is 3.74. The van der Waals surface area contributed by atoms with E-state index in [2.05, 4.69) is 9.64 Å². The third-order valence-electron chi connectivity index (χ3n) is 3.74. The van der Waals surface area contributed by atoms with Gasteiger partial charge >= 0.3 is 5.97 Å². The van der Waals surface area contributed by atoms with Crippen molar-refractivity contribution in [3.63, 3.8) is 0 Å². The Hall–Kier alpha value is -1.59. The number of methoxy groups -OCH3 is 1. The number of aliphatic hydroxyl groups is 1. The van der Waals surface area contributed by atoms with Crippen LogP contribution in [0.2, 0.25) is 0 Å². The zero-order valence-electron chi connectivity index (χ0n) is 11.8. The molecule has 1 fully saturated rings. The van der Waals surface area contributed by atoms with Crippen LogP contribution in [-0.2, 0) is 16.0 Å². The number of aliphatic hydroxyl groups excluding tert-OH is 1. The van der Waals surface area contributed by atoms with Gasteiger partial charge in [-0.25, -0.2) is 0 Å². The average molecular weight is 278 g/mol. The Bertz CT molecular complexity index is 456. The van der Waals surface area contributed by atoms with E-state index in [0.29, 0.717) is 6.42 Å². The number of nitrogens with zero attached hydrogens (tertiary/aromatic N) is 1. The molecule has 1 aliphatic heterocycles. The Morgan fingerprint density at radius 2 is 2.10 bits per heavy atom. The molecular formula is C15H22N2O3. The Morgan fingerprint density at radius 3 is 2.75 bits per heavy atom. The van der Waals surface area contributed by atoms with Crippen LogP contribution < -0.4 is 10.6 Å². The lowest BCUT2D eigenvalue weighted by atomic mass is 10.0. The van der Waals surface area contributed by atoms with Crippen LogP contribution in [0.15, 0.2) is 24.3 Å². The van der Waals surface area contributed by atoms with Crippen LogP contribution in [0, 0.1) is 0 Å². The summed E-state index contributed by atoms with van der Waals surface area (Å²) >= 11 is 0. The molecule has 0 amide bonds. The van der Waals surface area contributed by atoms with Crippen LogP contribution >= 0.6 is 0 Å². The van der Waals surface area contributed by atoms with Crippen molar-refractivity contribution in [3.8, 4) is 0 Å². The van der Waals surface area contributed by atoms with Gasteiger partial charge in [0.05, 0.1) is 13.2 Å². The summed E-state index contributed by atoms with van der Waals surface area (Å²) < 4.78 is 4.67. The third kappa shape index (κ3) is 3.49. The van der Waals surface area contributed by atoms with Gasteiger partial charge in [-0.1, -0.05) is 18.2 Å². The summed E-state index contributed by atoms with van der Waals surface area (Å²) in [5.41, 5.74) is 7.99. The molecule has 20 heavy (non-hydrogen) atoms. The molecule has 5 heteroatoms. The maximum atomic E-state index is 11.5.